The topological polar surface area (TPSA) is 90.7 Å². The number of nitrogens with zero attached hydrogens (tertiary/aromatic N) is 1. The average molecular weight is 557 g/mol. The molecule has 1 N–H and O–H groups in total. The highest BCUT2D eigenvalue weighted by Crippen LogP contribution is 2.35. The number of carbonyl (C=O) groups is 1. The summed E-state index contributed by atoms with van der Waals surface area (Å²) in [6.45, 7) is 7.46. The minimum absolute atomic E-state index is 0.0558. The van der Waals surface area contributed by atoms with E-state index in [1.165, 1.54) is 18.3 Å². The first-order chi connectivity index (χ1) is 18.6. The minimum Gasteiger partial charge on any atom is -0.489 e. The molecule has 0 aliphatic carbocycles. The average Bonchev–Trinajstić information content (AvgIpc) is 3.26. The number of ether oxygens (including phenoxy) is 2. The van der Waals surface area contributed by atoms with Crippen LogP contribution in [0.1, 0.15) is 44.5 Å². The quantitative estimate of drug-likeness (QED) is 0.241. The van der Waals surface area contributed by atoms with Gasteiger partial charge in [-0.2, -0.15) is 4.39 Å². The van der Waals surface area contributed by atoms with E-state index in [4.69, 9.17) is 13.9 Å². The summed E-state index contributed by atoms with van der Waals surface area (Å²) < 4.78 is 60.8. The summed E-state index contributed by atoms with van der Waals surface area (Å²) in [5, 5.41) is 0.438. The zero-order valence-corrected chi connectivity index (χ0v) is 23.0. The predicted molar refractivity (Wildman–Crippen MR) is 145 cm³/mol. The zero-order valence-electron chi connectivity index (χ0n) is 22.2. The van der Waals surface area contributed by atoms with E-state index < -0.39 is 27.6 Å². The monoisotopic (exact) mass is 556 g/mol. The fraction of sp³-hybridized carbons (Fsp3) is 0.310. The summed E-state index contributed by atoms with van der Waals surface area (Å²) >= 11 is 0. The molecule has 0 saturated heterocycles. The number of hydrogen-bond donors (Lipinski definition) is 1. The summed E-state index contributed by atoms with van der Waals surface area (Å²) in [5.74, 6) is -0.497. The van der Waals surface area contributed by atoms with Gasteiger partial charge in [0, 0.05) is 34.3 Å². The van der Waals surface area contributed by atoms with Crippen molar-refractivity contribution in [1.82, 2.24) is 9.71 Å². The number of halogens is 2. The molecule has 7 nitrogen and oxygen atoms in total. The molecule has 0 aliphatic rings. The molecular weight excluding hydrogens is 526 g/mol. The van der Waals surface area contributed by atoms with Crippen molar-refractivity contribution < 1.29 is 31.7 Å². The summed E-state index contributed by atoms with van der Waals surface area (Å²) in [7, 11) is -1.42. The van der Waals surface area contributed by atoms with Crippen molar-refractivity contribution >= 4 is 27.9 Å². The summed E-state index contributed by atoms with van der Waals surface area (Å²) in [4.78, 5) is 16.1. The van der Waals surface area contributed by atoms with Crippen LogP contribution in [-0.2, 0) is 40.1 Å². The second-order valence-electron chi connectivity index (χ2n) is 9.81. The fourth-order valence-corrected chi connectivity index (χ4v) is 4.66. The first kappa shape index (κ1) is 28.4. The number of furan rings is 1. The molecule has 2 aromatic carbocycles. The smallest absolute Gasteiger partial charge is 0.310 e. The number of aromatic nitrogens is 1. The molecule has 2 heterocycles. The van der Waals surface area contributed by atoms with Gasteiger partial charge in [0.1, 0.15) is 17.9 Å². The molecule has 0 spiro atoms. The van der Waals surface area contributed by atoms with Crippen LogP contribution < -0.4 is 9.46 Å². The molecule has 4 aromatic rings. The van der Waals surface area contributed by atoms with Gasteiger partial charge in [-0.25, -0.2) is 13.3 Å². The number of benzene rings is 2. The van der Waals surface area contributed by atoms with E-state index in [-0.39, 0.29) is 49.0 Å². The third kappa shape index (κ3) is 6.88. The largest absolute Gasteiger partial charge is 0.489 e. The Morgan fingerprint density at radius 3 is 2.62 bits per heavy atom. The van der Waals surface area contributed by atoms with Crippen LogP contribution in [0.3, 0.4) is 0 Å². The molecule has 0 fully saturated rings. The van der Waals surface area contributed by atoms with Crippen LogP contribution >= 0.6 is 0 Å². The molecule has 39 heavy (non-hydrogen) atoms. The number of para-hydroxylation sites is 1. The normalized spacial score (nSPS) is 12.5. The first-order valence-electron chi connectivity index (χ1n) is 12.4. The molecule has 0 aliphatic heterocycles. The van der Waals surface area contributed by atoms with Crippen molar-refractivity contribution in [2.24, 2.45) is 0 Å². The number of fused-ring (bicyclic) bond motifs is 1. The molecule has 0 amide bonds. The van der Waals surface area contributed by atoms with Gasteiger partial charge in [-0.3, -0.25) is 9.78 Å². The van der Waals surface area contributed by atoms with Crippen molar-refractivity contribution in [2.75, 3.05) is 6.61 Å². The van der Waals surface area contributed by atoms with Crippen LogP contribution in [0, 0.1) is 11.8 Å². The standard InChI is InChI=1S/C29H30F2N2O5S/c1-5-36-26(34)15-19-8-6-7-9-24(19)37-17-18-12-20-14-25(30)38-28(20)22(13-18)21-10-11-32-23(27(21)31)16-33-39(35)29(2,3)4/h6-14,33H,5,15-17H2,1-4H3. The van der Waals surface area contributed by atoms with Crippen LogP contribution in [-0.4, -0.2) is 26.5 Å². The van der Waals surface area contributed by atoms with Crippen molar-refractivity contribution in [3.63, 3.8) is 0 Å². The molecule has 4 rings (SSSR count). The van der Waals surface area contributed by atoms with E-state index in [1.54, 1.807) is 64.1 Å². The lowest BCUT2D eigenvalue weighted by Crippen LogP contribution is -2.33. The third-order valence-corrected chi connectivity index (χ3v) is 7.35. The van der Waals surface area contributed by atoms with Gasteiger partial charge in [0.25, 0.3) is 6.01 Å². The molecule has 2 aromatic heterocycles. The number of rotatable bonds is 10. The SMILES string of the molecule is CCOC(=O)Cc1ccccc1OCc1cc(-c2ccnc(CNS(=O)C(C)(C)C)c2F)c2oc(F)cc2c1. The lowest BCUT2D eigenvalue weighted by Gasteiger charge is -2.18. The molecule has 0 radical (unpaired) electrons. The number of esters is 1. The van der Waals surface area contributed by atoms with Gasteiger partial charge in [0.2, 0.25) is 0 Å². The van der Waals surface area contributed by atoms with Gasteiger partial charge < -0.3 is 13.9 Å². The number of pyridine rings is 1. The summed E-state index contributed by atoms with van der Waals surface area (Å²) in [5.41, 5.74) is 2.03. The molecule has 10 heteroatoms. The number of hydrogen-bond acceptors (Lipinski definition) is 6. The van der Waals surface area contributed by atoms with E-state index in [1.807, 2.05) is 0 Å². The highest BCUT2D eigenvalue weighted by Gasteiger charge is 2.22. The van der Waals surface area contributed by atoms with Crippen LogP contribution in [0.4, 0.5) is 8.78 Å². The van der Waals surface area contributed by atoms with Crippen LogP contribution in [0.5, 0.6) is 5.75 Å². The third-order valence-electron chi connectivity index (χ3n) is 5.83. The van der Waals surface area contributed by atoms with Crippen molar-refractivity contribution in [2.45, 2.75) is 52.0 Å². The van der Waals surface area contributed by atoms with Crippen LogP contribution in [0.25, 0.3) is 22.1 Å². The minimum atomic E-state index is -1.42. The Morgan fingerprint density at radius 2 is 1.87 bits per heavy atom. The maximum absolute atomic E-state index is 15.6. The van der Waals surface area contributed by atoms with E-state index in [9.17, 15) is 13.4 Å². The van der Waals surface area contributed by atoms with E-state index in [2.05, 4.69) is 9.71 Å². The van der Waals surface area contributed by atoms with Crippen LogP contribution in [0.2, 0.25) is 0 Å². The summed E-state index contributed by atoms with van der Waals surface area (Å²) in [6, 6.07) is 12.4. The molecule has 0 saturated carbocycles. The Bertz CT molecular complexity index is 1510. The summed E-state index contributed by atoms with van der Waals surface area (Å²) in [6.07, 6.45) is 1.50. The zero-order chi connectivity index (χ0) is 28.2. The van der Waals surface area contributed by atoms with E-state index in [0.717, 1.165) is 0 Å². The molecule has 0 bridgehead atoms. The van der Waals surface area contributed by atoms with E-state index >= 15 is 4.39 Å². The maximum Gasteiger partial charge on any atom is 0.310 e. The maximum atomic E-state index is 15.6. The molecule has 1 atom stereocenters. The Hall–Kier alpha value is -3.63. The number of nitrogens with one attached hydrogen (secondary N) is 1. The van der Waals surface area contributed by atoms with Gasteiger partial charge in [-0.05, 0) is 57.5 Å². The second-order valence-corrected chi connectivity index (χ2v) is 11.9. The van der Waals surface area contributed by atoms with Gasteiger partial charge in [0.05, 0.1) is 41.0 Å². The Balaban J connectivity index is 1.64. The van der Waals surface area contributed by atoms with Gasteiger partial charge in [-0.1, -0.05) is 18.2 Å². The first-order valence-corrected chi connectivity index (χ1v) is 13.6. The molecule has 1 unspecified atom stereocenters. The van der Waals surface area contributed by atoms with Gasteiger partial charge in [0.15, 0.2) is 5.82 Å². The van der Waals surface area contributed by atoms with E-state index in [0.29, 0.717) is 27.8 Å². The molecule has 206 valence electrons. The number of carbonyl (C=O) groups excluding carboxylic acids is 1. The lowest BCUT2D eigenvalue weighted by molar-refractivity contribution is -0.142. The second kappa shape index (κ2) is 12.0. The van der Waals surface area contributed by atoms with Gasteiger partial charge in [-0.15, -0.1) is 0 Å². The lowest BCUT2D eigenvalue weighted by atomic mass is 10.00. The Kier molecular flexibility index (Phi) is 8.76. The van der Waals surface area contributed by atoms with Gasteiger partial charge >= 0.3 is 5.97 Å². The van der Waals surface area contributed by atoms with Crippen molar-refractivity contribution in [1.29, 1.82) is 0 Å². The Labute approximate surface area is 228 Å². The molecular formula is C29H30F2N2O5S. The van der Waals surface area contributed by atoms with Crippen molar-refractivity contribution in [3.8, 4) is 16.9 Å². The fourth-order valence-electron chi connectivity index (χ4n) is 3.96. The highest BCUT2D eigenvalue weighted by atomic mass is 32.2. The van der Waals surface area contributed by atoms with Crippen LogP contribution in [0.15, 0.2) is 59.1 Å². The predicted octanol–water partition coefficient (Wildman–Crippen LogP) is 6.01. The Morgan fingerprint density at radius 1 is 1.10 bits per heavy atom. The van der Waals surface area contributed by atoms with Crippen molar-refractivity contribution in [3.05, 3.63) is 83.4 Å². The highest BCUT2D eigenvalue weighted by molar-refractivity contribution is 7.84.